The summed E-state index contributed by atoms with van der Waals surface area (Å²) in [5.74, 6) is 0. The second-order valence-corrected chi connectivity index (χ2v) is 8.16. The molecule has 0 amide bonds. The van der Waals surface area contributed by atoms with Crippen LogP contribution in [0.1, 0.15) is 0 Å². The maximum absolute atomic E-state index is 11.4. The van der Waals surface area contributed by atoms with E-state index in [1.807, 2.05) is 48.7 Å². The molecule has 0 spiro atoms. The predicted molar refractivity (Wildman–Crippen MR) is 113 cm³/mol. The third kappa shape index (κ3) is 4.10. The highest BCUT2D eigenvalue weighted by Crippen LogP contribution is 2.30. The summed E-state index contributed by atoms with van der Waals surface area (Å²) < 4.78 is 25.2. The SMILES string of the molecule is CS(=O)(=O)Nc1ccc(-c2cnc3cccc(Nc4cccnc4)c3c2)cc1. The van der Waals surface area contributed by atoms with Crippen LogP contribution in [0.5, 0.6) is 0 Å². The van der Waals surface area contributed by atoms with E-state index in [9.17, 15) is 8.42 Å². The average molecular weight is 390 g/mol. The second kappa shape index (κ2) is 7.28. The lowest BCUT2D eigenvalue weighted by molar-refractivity contribution is 0.607. The molecule has 140 valence electrons. The zero-order chi connectivity index (χ0) is 19.6. The first-order chi connectivity index (χ1) is 13.5. The van der Waals surface area contributed by atoms with Gasteiger partial charge in [-0.1, -0.05) is 18.2 Å². The maximum Gasteiger partial charge on any atom is 0.229 e. The minimum atomic E-state index is -3.29. The molecule has 0 radical (unpaired) electrons. The van der Waals surface area contributed by atoms with Crippen molar-refractivity contribution in [1.82, 2.24) is 9.97 Å². The molecule has 6 nitrogen and oxygen atoms in total. The first-order valence-electron chi connectivity index (χ1n) is 8.62. The number of rotatable bonds is 5. The van der Waals surface area contributed by atoms with Crippen LogP contribution >= 0.6 is 0 Å². The highest BCUT2D eigenvalue weighted by atomic mass is 32.2. The van der Waals surface area contributed by atoms with Gasteiger partial charge < -0.3 is 5.32 Å². The zero-order valence-corrected chi connectivity index (χ0v) is 15.9. The number of fused-ring (bicyclic) bond motifs is 1. The van der Waals surface area contributed by atoms with E-state index in [4.69, 9.17) is 0 Å². The van der Waals surface area contributed by atoms with Crippen molar-refractivity contribution in [3.05, 3.63) is 79.3 Å². The molecule has 4 aromatic rings. The molecular formula is C21H18N4O2S. The lowest BCUT2D eigenvalue weighted by atomic mass is 10.0. The van der Waals surface area contributed by atoms with Gasteiger partial charge in [-0.25, -0.2) is 8.42 Å². The van der Waals surface area contributed by atoms with Gasteiger partial charge in [-0.15, -0.1) is 0 Å². The van der Waals surface area contributed by atoms with Crippen molar-refractivity contribution in [3.8, 4) is 11.1 Å². The van der Waals surface area contributed by atoms with Crippen LogP contribution in [-0.2, 0) is 10.0 Å². The fourth-order valence-corrected chi connectivity index (χ4v) is 3.52. The number of sulfonamides is 1. The van der Waals surface area contributed by atoms with Crippen LogP contribution in [-0.4, -0.2) is 24.6 Å². The summed E-state index contributed by atoms with van der Waals surface area (Å²) >= 11 is 0. The highest BCUT2D eigenvalue weighted by Gasteiger charge is 2.07. The van der Waals surface area contributed by atoms with Crippen LogP contribution in [0.15, 0.2) is 79.3 Å². The summed E-state index contributed by atoms with van der Waals surface area (Å²) in [6.07, 6.45) is 6.44. The van der Waals surface area contributed by atoms with Gasteiger partial charge in [0.15, 0.2) is 0 Å². The Morgan fingerprint density at radius 1 is 0.857 bits per heavy atom. The quantitative estimate of drug-likeness (QED) is 0.527. The summed E-state index contributed by atoms with van der Waals surface area (Å²) in [5, 5.41) is 4.37. The van der Waals surface area contributed by atoms with Crippen LogP contribution in [0.3, 0.4) is 0 Å². The second-order valence-electron chi connectivity index (χ2n) is 6.41. The fourth-order valence-electron chi connectivity index (χ4n) is 2.95. The van der Waals surface area contributed by atoms with Gasteiger partial charge in [0.25, 0.3) is 0 Å². The summed E-state index contributed by atoms with van der Waals surface area (Å²) in [6, 6.07) is 19.0. The molecule has 0 atom stereocenters. The van der Waals surface area contributed by atoms with Crippen molar-refractivity contribution in [2.75, 3.05) is 16.3 Å². The van der Waals surface area contributed by atoms with Crippen LogP contribution < -0.4 is 10.0 Å². The number of benzene rings is 2. The lowest BCUT2D eigenvalue weighted by Gasteiger charge is -2.11. The zero-order valence-electron chi connectivity index (χ0n) is 15.1. The van der Waals surface area contributed by atoms with E-state index in [0.29, 0.717) is 5.69 Å². The van der Waals surface area contributed by atoms with E-state index in [2.05, 4.69) is 26.1 Å². The molecule has 28 heavy (non-hydrogen) atoms. The Bertz CT molecular complexity index is 1220. The molecule has 4 rings (SSSR count). The molecule has 0 aliphatic heterocycles. The van der Waals surface area contributed by atoms with E-state index in [-0.39, 0.29) is 0 Å². The number of nitrogens with one attached hydrogen (secondary N) is 2. The van der Waals surface area contributed by atoms with Crippen molar-refractivity contribution in [3.63, 3.8) is 0 Å². The normalized spacial score (nSPS) is 11.3. The average Bonchev–Trinajstić information content (AvgIpc) is 2.68. The first-order valence-corrected chi connectivity index (χ1v) is 10.5. The molecule has 0 aliphatic carbocycles. The van der Waals surface area contributed by atoms with Crippen molar-refractivity contribution in [1.29, 1.82) is 0 Å². The predicted octanol–water partition coefficient (Wildman–Crippen LogP) is 4.41. The van der Waals surface area contributed by atoms with Crippen molar-refractivity contribution in [2.45, 2.75) is 0 Å². The van der Waals surface area contributed by atoms with E-state index in [1.54, 1.807) is 24.5 Å². The van der Waals surface area contributed by atoms with Crippen molar-refractivity contribution in [2.24, 2.45) is 0 Å². The summed E-state index contributed by atoms with van der Waals surface area (Å²) in [4.78, 5) is 8.71. The maximum atomic E-state index is 11.4. The third-order valence-corrected chi connectivity index (χ3v) is 4.79. The number of pyridine rings is 2. The minimum absolute atomic E-state index is 0.527. The summed E-state index contributed by atoms with van der Waals surface area (Å²) in [6.45, 7) is 0. The highest BCUT2D eigenvalue weighted by molar-refractivity contribution is 7.92. The van der Waals surface area contributed by atoms with Crippen molar-refractivity contribution < 1.29 is 8.42 Å². The molecule has 0 saturated heterocycles. The Kier molecular flexibility index (Phi) is 4.67. The molecule has 7 heteroatoms. The molecule has 2 aromatic heterocycles. The molecule has 0 aliphatic rings. The van der Waals surface area contributed by atoms with Gasteiger partial charge in [-0.3, -0.25) is 14.7 Å². The Labute approximate surface area is 163 Å². The standard InChI is InChI=1S/C21H18N4O2S/c1-28(26,27)25-17-9-7-15(8-10-17)16-12-19-20(23-13-16)5-2-6-21(19)24-18-4-3-11-22-14-18/h2-14,24-25H,1H3. The smallest absolute Gasteiger partial charge is 0.229 e. The van der Waals surface area contributed by atoms with Crippen LogP contribution in [0, 0.1) is 0 Å². The van der Waals surface area contributed by atoms with Crippen molar-refractivity contribution >= 4 is 38.0 Å². The Balaban J connectivity index is 1.70. The van der Waals surface area contributed by atoms with Crippen LogP contribution in [0.25, 0.3) is 22.0 Å². The fraction of sp³-hybridized carbons (Fsp3) is 0.0476. The van der Waals surface area contributed by atoms with Gasteiger partial charge in [0.2, 0.25) is 10.0 Å². The number of anilines is 3. The molecule has 2 heterocycles. The van der Waals surface area contributed by atoms with Gasteiger partial charge in [0.05, 0.1) is 23.7 Å². The Hall–Kier alpha value is -3.45. The molecule has 2 aromatic carbocycles. The van der Waals surface area contributed by atoms with Gasteiger partial charge in [0.1, 0.15) is 0 Å². The third-order valence-electron chi connectivity index (χ3n) is 4.19. The van der Waals surface area contributed by atoms with E-state index in [1.165, 1.54) is 0 Å². The number of hydrogen-bond donors (Lipinski definition) is 2. The van der Waals surface area contributed by atoms with Gasteiger partial charge >= 0.3 is 0 Å². The van der Waals surface area contributed by atoms with Gasteiger partial charge in [0, 0.05) is 34.7 Å². The number of nitrogens with zero attached hydrogens (tertiary/aromatic N) is 2. The van der Waals surface area contributed by atoms with Gasteiger partial charge in [-0.05, 0) is 48.0 Å². The molecule has 0 saturated carbocycles. The monoisotopic (exact) mass is 390 g/mol. The minimum Gasteiger partial charge on any atom is -0.354 e. The first kappa shape index (κ1) is 17.9. The van der Waals surface area contributed by atoms with E-state index >= 15 is 0 Å². The topological polar surface area (TPSA) is 84.0 Å². The summed E-state index contributed by atoms with van der Waals surface area (Å²) in [5.41, 5.74) is 5.14. The molecule has 0 fully saturated rings. The molecular weight excluding hydrogens is 372 g/mol. The molecule has 0 bridgehead atoms. The van der Waals surface area contributed by atoms with E-state index in [0.717, 1.165) is 39.7 Å². The molecule has 2 N–H and O–H groups in total. The number of aromatic nitrogens is 2. The lowest BCUT2D eigenvalue weighted by Crippen LogP contribution is -2.09. The Morgan fingerprint density at radius 3 is 2.39 bits per heavy atom. The Morgan fingerprint density at radius 2 is 1.68 bits per heavy atom. The van der Waals surface area contributed by atoms with Crippen LogP contribution in [0.2, 0.25) is 0 Å². The van der Waals surface area contributed by atoms with Crippen LogP contribution in [0.4, 0.5) is 17.1 Å². The molecule has 0 unspecified atom stereocenters. The number of hydrogen-bond acceptors (Lipinski definition) is 5. The summed E-state index contributed by atoms with van der Waals surface area (Å²) in [7, 11) is -3.29. The van der Waals surface area contributed by atoms with Gasteiger partial charge in [-0.2, -0.15) is 0 Å². The van der Waals surface area contributed by atoms with E-state index < -0.39 is 10.0 Å². The largest absolute Gasteiger partial charge is 0.354 e.